The lowest BCUT2D eigenvalue weighted by atomic mass is 10.2. The Morgan fingerprint density at radius 2 is 2.33 bits per heavy atom. The van der Waals surface area contributed by atoms with Gasteiger partial charge in [0.15, 0.2) is 0 Å². The van der Waals surface area contributed by atoms with Crippen molar-refractivity contribution < 1.29 is 4.79 Å². The van der Waals surface area contributed by atoms with Crippen LogP contribution in [0.5, 0.6) is 0 Å². The summed E-state index contributed by atoms with van der Waals surface area (Å²) in [5.41, 5.74) is 11.7. The van der Waals surface area contributed by atoms with Crippen molar-refractivity contribution in [1.82, 2.24) is 5.32 Å². The van der Waals surface area contributed by atoms with E-state index in [4.69, 9.17) is 16.9 Å². The predicted octanol–water partition coefficient (Wildman–Crippen LogP) is 0.639. The van der Waals surface area contributed by atoms with E-state index in [0.29, 0.717) is 16.1 Å². The second-order valence-corrected chi connectivity index (χ2v) is 3.87. The van der Waals surface area contributed by atoms with E-state index in [2.05, 4.69) is 5.32 Å². The van der Waals surface area contributed by atoms with Crippen LogP contribution in [0.3, 0.4) is 0 Å². The zero-order chi connectivity index (χ0) is 11.4. The summed E-state index contributed by atoms with van der Waals surface area (Å²) >= 11 is 1.23. The number of rotatable bonds is 4. The number of anilines is 1. The number of nitrogens with two attached hydrogens (primary N) is 2. The quantitative estimate of drug-likeness (QED) is 0.564. The first-order chi connectivity index (χ1) is 7.10. The Morgan fingerprint density at radius 1 is 1.67 bits per heavy atom. The molecule has 0 aliphatic carbocycles. The summed E-state index contributed by atoms with van der Waals surface area (Å²) in [7, 11) is 1.73. The highest BCUT2D eigenvalue weighted by Gasteiger charge is 2.12. The first-order valence-electron chi connectivity index (χ1n) is 4.17. The SMILES string of the molecule is CN/C=C(\C=N)c1cc(C(N)=O)c(N)s1. The van der Waals surface area contributed by atoms with Gasteiger partial charge in [-0.3, -0.25) is 4.79 Å². The van der Waals surface area contributed by atoms with E-state index in [0.717, 1.165) is 4.88 Å². The highest BCUT2D eigenvalue weighted by atomic mass is 32.1. The zero-order valence-corrected chi connectivity index (χ0v) is 9.02. The van der Waals surface area contributed by atoms with Crippen molar-refractivity contribution in [3.05, 3.63) is 22.7 Å². The molecule has 1 rings (SSSR count). The van der Waals surface area contributed by atoms with Crippen LogP contribution in [0.1, 0.15) is 15.2 Å². The van der Waals surface area contributed by atoms with Crippen LogP contribution in [0.2, 0.25) is 0 Å². The summed E-state index contributed by atoms with van der Waals surface area (Å²) in [5, 5.41) is 10.4. The normalized spacial score (nSPS) is 11.1. The molecule has 1 aromatic heterocycles. The van der Waals surface area contributed by atoms with Crippen molar-refractivity contribution in [3.63, 3.8) is 0 Å². The average molecular weight is 224 g/mol. The monoisotopic (exact) mass is 224 g/mol. The molecule has 0 aliphatic heterocycles. The molecule has 0 unspecified atom stereocenters. The fourth-order valence-electron chi connectivity index (χ4n) is 1.08. The van der Waals surface area contributed by atoms with E-state index >= 15 is 0 Å². The van der Waals surface area contributed by atoms with Gasteiger partial charge in [0.2, 0.25) is 0 Å². The van der Waals surface area contributed by atoms with Gasteiger partial charge >= 0.3 is 0 Å². The van der Waals surface area contributed by atoms with Gasteiger partial charge in [-0.1, -0.05) is 0 Å². The molecular formula is C9H12N4OS. The molecule has 6 heteroatoms. The molecular weight excluding hydrogens is 212 g/mol. The molecule has 0 saturated heterocycles. The third-order valence-electron chi connectivity index (χ3n) is 1.77. The van der Waals surface area contributed by atoms with Crippen LogP contribution in [0, 0.1) is 5.41 Å². The molecule has 0 bridgehead atoms. The Morgan fingerprint density at radius 3 is 2.73 bits per heavy atom. The molecule has 0 aliphatic rings. The minimum Gasteiger partial charge on any atom is -0.393 e. The third-order valence-corrected chi connectivity index (χ3v) is 2.78. The molecule has 6 N–H and O–H groups in total. The lowest BCUT2D eigenvalue weighted by Gasteiger charge is -1.95. The van der Waals surface area contributed by atoms with Gasteiger partial charge in [0.1, 0.15) is 0 Å². The number of carbonyl (C=O) groups is 1. The molecule has 0 atom stereocenters. The van der Waals surface area contributed by atoms with E-state index < -0.39 is 5.91 Å². The van der Waals surface area contributed by atoms with Crippen LogP contribution in [0.15, 0.2) is 12.3 Å². The molecule has 0 saturated carbocycles. The highest BCUT2D eigenvalue weighted by Crippen LogP contribution is 2.28. The van der Waals surface area contributed by atoms with Gasteiger partial charge in [-0.2, -0.15) is 0 Å². The number of hydrogen-bond donors (Lipinski definition) is 4. The lowest BCUT2D eigenvalue weighted by Crippen LogP contribution is -2.11. The van der Waals surface area contributed by atoms with Crippen LogP contribution in [0.4, 0.5) is 5.00 Å². The highest BCUT2D eigenvalue weighted by molar-refractivity contribution is 7.17. The topological polar surface area (TPSA) is 105 Å². The first kappa shape index (κ1) is 11.3. The number of primary amides is 1. The van der Waals surface area contributed by atoms with E-state index in [1.54, 1.807) is 19.3 Å². The maximum absolute atomic E-state index is 11.0. The Labute approximate surface area is 91.3 Å². The molecule has 0 fully saturated rings. The molecule has 1 amide bonds. The third kappa shape index (κ3) is 2.35. The number of nitrogens with one attached hydrogen (secondary N) is 2. The molecule has 1 heterocycles. The van der Waals surface area contributed by atoms with Crippen molar-refractivity contribution in [3.8, 4) is 0 Å². The largest absolute Gasteiger partial charge is 0.393 e. The van der Waals surface area contributed by atoms with E-state index in [9.17, 15) is 4.79 Å². The summed E-state index contributed by atoms with van der Waals surface area (Å²) < 4.78 is 0. The maximum Gasteiger partial charge on any atom is 0.251 e. The number of carbonyl (C=O) groups excluding carboxylic acids is 1. The van der Waals surface area contributed by atoms with Crippen LogP contribution < -0.4 is 16.8 Å². The maximum atomic E-state index is 11.0. The van der Waals surface area contributed by atoms with Gasteiger partial charge in [-0.05, 0) is 6.07 Å². The van der Waals surface area contributed by atoms with Crippen LogP contribution in [0.25, 0.3) is 5.57 Å². The fourth-order valence-corrected chi connectivity index (χ4v) is 2.00. The molecule has 5 nitrogen and oxygen atoms in total. The van der Waals surface area contributed by atoms with E-state index in [1.165, 1.54) is 17.6 Å². The Balaban J connectivity index is 3.16. The standard InChI is InChI=1S/C9H12N4OS/c1-13-4-5(3-10)7-2-6(8(11)14)9(12)15-7/h2-4,10,13H,12H2,1H3,(H2,11,14)/b5-4+,10-3?. The van der Waals surface area contributed by atoms with Gasteiger partial charge in [0.25, 0.3) is 5.91 Å². The minimum absolute atomic E-state index is 0.304. The molecule has 1 aromatic rings. The number of thiophene rings is 1. The average Bonchev–Trinajstić information content (AvgIpc) is 2.56. The Bertz CT molecular complexity index is 422. The first-order valence-corrected chi connectivity index (χ1v) is 4.99. The smallest absolute Gasteiger partial charge is 0.251 e. The second kappa shape index (κ2) is 4.61. The molecule has 0 spiro atoms. The van der Waals surface area contributed by atoms with Crippen molar-refractivity contribution in [2.24, 2.45) is 5.73 Å². The van der Waals surface area contributed by atoms with Crippen LogP contribution in [-0.4, -0.2) is 19.2 Å². The Kier molecular flexibility index (Phi) is 3.46. The van der Waals surface area contributed by atoms with Crippen LogP contribution in [-0.2, 0) is 0 Å². The number of allylic oxidation sites excluding steroid dienone is 1. The summed E-state index contributed by atoms with van der Waals surface area (Å²) in [6.07, 6.45) is 2.84. The van der Waals surface area contributed by atoms with Gasteiger partial charge in [0, 0.05) is 29.9 Å². The molecule has 80 valence electrons. The zero-order valence-electron chi connectivity index (χ0n) is 8.20. The van der Waals surface area contributed by atoms with Crippen molar-refractivity contribution in [2.75, 3.05) is 12.8 Å². The molecule has 0 radical (unpaired) electrons. The second-order valence-electron chi connectivity index (χ2n) is 2.79. The van der Waals surface area contributed by atoms with Crippen molar-refractivity contribution >= 4 is 34.0 Å². The molecule has 0 aromatic carbocycles. The van der Waals surface area contributed by atoms with Crippen LogP contribution >= 0.6 is 11.3 Å². The summed E-state index contributed by atoms with van der Waals surface area (Å²) in [6, 6.07) is 1.59. The van der Waals surface area contributed by atoms with Crippen molar-refractivity contribution in [1.29, 1.82) is 5.41 Å². The Hall–Kier alpha value is -1.82. The minimum atomic E-state index is -0.552. The number of nitrogen functional groups attached to an aromatic ring is 1. The summed E-state index contributed by atoms with van der Waals surface area (Å²) in [4.78, 5) is 11.7. The summed E-state index contributed by atoms with van der Waals surface area (Å²) in [6.45, 7) is 0. The van der Waals surface area contributed by atoms with Gasteiger partial charge in [0.05, 0.1) is 10.6 Å². The van der Waals surface area contributed by atoms with Gasteiger partial charge in [-0.25, -0.2) is 0 Å². The molecule has 15 heavy (non-hydrogen) atoms. The van der Waals surface area contributed by atoms with Gasteiger partial charge in [-0.15, -0.1) is 11.3 Å². The van der Waals surface area contributed by atoms with Crippen molar-refractivity contribution in [2.45, 2.75) is 0 Å². The van der Waals surface area contributed by atoms with E-state index in [1.807, 2.05) is 0 Å². The van der Waals surface area contributed by atoms with E-state index in [-0.39, 0.29) is 0 Å². The number of hydrogen-bond acceptors (Lipinski definition) is 5. The van der Waals surface area contributed by atoms with Gasteiger partial charge < -0.3 is 22.2 Å². The number of amides is 1. The predicted molar refractivity (Wildman–Crippen MR) is 63.1 cm³/mol. The lowest BCUT2D eigenvalue weighted by molar-refractivity contribution is 0.100. The fraction of sp³-hybridized carbons (Fsp3) is 0.111. The summed E-state index contributed by atoms with van der Waals surface area (Å²) in [5.74, 6) is -0.552.